The first kappa shape index (κ1) is 14.7. The molecular formula is C15H21NO4. The van der Waals surface area contributed by atoms with Crippen molar-refractivity contribution in [3.63, 3.8) is 0 Å². The van der Waals surface area contributed by atoms with Crippen LogP contribution in [0.2, 0.25) is 0 Å². The molecule has 110 valence electrons. The van der Waals surface area contributed by atoms with Crippen LogP contribution in [0.1, 0.15) is 23.2 Å². The summed E-state index contributed by atoms with van der Waals surface area (Å²) >= 11 is 0. The molecule has 5 nitrogen and oxygen atoms in total. The maximum atomic E-state index is 12.7. The molecule has 0 radical (unpaired) electrons. The Morgan fingerprint density at radius 2 is 1.80 bits per heavy atom. The van der Waals surface area contributed by atoms with E-state index in [9.17, 15) is 4.79 Å². The molecule has 1 heterocycles. The first-order valence-electron chi connectivity index (χ1n) is 6.82. The zero-order valence-corrected chi connectivity index (χ0v) is 12.0. The van der Waals surface area contributed by atoms with E-state index in [2.05, 4.69) is 0 Å². The highest BCUT2D eigenvalue weighted by Gasteiger charge is 2.27. The Balaban J connectivity index is 2.21. The molecule has 0 unspecified atom stereocenters. The van der Waals surface area contributed by atoms with Gasteiger partial charge in [-0.25, -0.2) is 0 Å². The maximum absolute atomic E-state index is 12.7. The number of aliphatic hydroxyl groups excluding tert-OH is 1. The van der Waals surface area contributed by atoms with Gasteiger partial charge in [-0.3, -0.25) is 4.79 Å². The van der Waals surface area contributed by atoms with Crippen molar-refractivity contribution in [3.8, 4) is 11.5 Å². The lowest BCUT2D eigenvalue weighted by Crippen LogP contribution is -2.39. The van der Waals surface area contributed by atoms with Crippen LogP contribution >= 0.6 is 0 Å². The minimum Gasteiger partial charge on any atom is -0.496 e. The van der Waals surface area contributed by atoms with Crippen molar-refractivity contribution in [1.29, 1.82) is 0 Å². The van der Waals surface area contributed by atoms with Gasteiger partial charge in [-0.15, -0.1) is 0 Å². The molecule has 0 atom stereocenters. The molecule has 1 aromatic rings. The van der Waals surface area contributed by atoms with E-state index >= 15 is 0 Å². The molecule has 2 rings (SSSR count). The topological polar surface area (TPSA) is 59.0 Å². The average Bonchev–Trinajstić information content (AvgIpc) is 2.53. The standard InChI is InChI=1S/C15H21NO4/c1-19-12-4-3-5-13(20-2)14(12)15(18)16-8-6-11(10-17)7-9-16/h3-5,11,17H,6-10H2,1-2H3. The summed E-state index contributed by atoms with van der Waals surface area (Å²) in [7, 11) is 3.09. The van der Waals surface area contributed by atoms with E-state index < -0.39 is 0 Å². The second kappa shape index (κ2) is 6.61. The fourth-order valence-corrected chi connectivity index (χ4v) is 2.54. The molecule has 0 aromatic heterocycles. The van der Waals surface area contributed by atoms with Crippen LogP contribution < -0.4 is 9.47 Å². The van der Waals surface area contributed by atoms with Gasteiger partial charge < -0.3 is 19.5 Å². The van der Waals surface area contributed by atoms with Crippen molar-refractivity contribution in [2.24, 2.45) is 5.92 Å². The predicted molar refractivity (Wildman–Crippen MR) is 75.3 cm³/mol. The van der Waals surface area contributed by atoms with Crippen molar-refractivity contribution in [3.05, 3.63) is 23.8 Å². The fraction of sp³-hybridized carbons (Fsp3) is 0.533. The van der Waals surface area contributed by atoms with Gasteiger partial charge in [0.05, 0.1) is 14.2 Å². The van der Waals surface area contributed by atoms with Gasteiger partial charge in [0, 0.05) is 19.7 Å². The normalized spacial score (nSPS) is 16.1. The van der Waals surface area contributed by atoms with E-state index in [-0.39, 0.29) is 12.5 Å². The minimum absolute atomic E-state index is 0.0734. The highest BCUT2D eigenvalue weighted by molar-refractivity contribution is 5.99. The third-order valence-electron chi connectivity index (χ3n) is 3.80. The molecule has 0 saturated carbocycles. The Morgan fingerprint density at radius 3 is 2.25 bits per heavy atom. The summed E-state index contributed by atoms with van der Waals surface area (Å²) in [5.41, 5.74) is 0.472. The van der Waals surface area contributed by atoms with Crippen LogP contribution in [0.15, 0.2) is 18.2 Å². The number of aliphatic hydroxyl groups is 1. The van der Waals surface area contributed by atoms with Crippen molar-refractivity contribution >= 4 is 5.91 Å². The van der Waals surface area contributed by atoms with Gasteiger partial charge in [-0.2, -0.15) is 0 Å². The zero-order chi connectivity index (χ0) is 14.5. The van der Waals surface area contributed by atoms with Crippen molar-refractivity contribution in [2.75, 3.05) is 33.9 Å². The van der Waals surface area contributed by atoms with Crippen LogP contribution in [-0.4, -0.2) is 49.8 Å². The largest absolute Gasteiger partial charge is 0.496 e. The lowest BCUT2D eigenvalue weighted by molar-refractivity contribution is 0.0644. The Kier molecular flexibility index (Phi) is 4.84. The van der Waals surface area contributed by atoms with Gasteiger partial charge in [0.15, 0.2) is 0 Å². The van der Waals surface area contributed by atoms with Crippen molar-refractivity contribution in [2.45, 2.75) is 12.8 Å². The number of piperidine rings is 1. The second-order valence-electron chi connectivity index (χ2n) is 4.96. The molecule has 1 aliphatic rings. The van der Waals surface area contributed by atoms with Gasteiger partial charge in [-0.1, -0.05) is 6.07 Å². The van der Waals surface area contributed by atoms with E-state index in [0.29, 0.717) is 36.1 Å². The molecule has 0 bridgehead atoms. The van der Waals surface area contributed by atoms with E-state index in [1.54, 1.807) is 37.3 Å². The Labute approximate surface area is 119 Å². The van der Waals surface area contributed by atoms with Crippen molar-refractivity contribution < 1.29 is 19.4 Å². The molecular weight excluding hydrogens is 258 g/mol. The number of carbonyl (C=O) groups is 1. The van der Waals surface area contributed by atoms with Crippen LogP contribution in [-0.2, 0) is 0 Å². The zero-order valence-electron chi connectivity index (χ0n) is 12.0. The molecule has 5 heteroatoms. The maximum Gasteiger partial charge on any atom is 0.261 e. The molecule has 1 amide bonds. The number of amides is 1. The highest BCUT2D eigenvalue weighted by Crippen LogP contribution is 2.30. The average molecular weight is 279 g/mol. The number of rotatable bonds is 4. The predicted octanol–water partition coefficient (Wildman–Crippen LogP) is 1.55. The monoisotopic (exact) mass is 279 g/mol. The third kappa shape index (κ3) is 2.88. The Bertz CT molecular complexity index is 445. The second-order valence-corrected chi connectivity index (χ2v) is 4.96. The Morgan fingerprint density at radius 1 is 1.25 bits per heavy atom. The Hall–Kier alpha value is -1.75. The molecule has 0 aliphatic carbocycles. The first-order valence-corrected chi connectivity index (χ1v) is 6.82. The summed E-state index contributed by atoms with van der Waals surface area (Å²) in [5.74, 6) is 1.28. The number of hydrogen-bond donors (Lipinski definition) is 1. The van der Waals surface area contributed by atoms with Gasteiger partial charge in [-0.05, 0) is 30.9 Å². The van der Waals surface area contributed by atoms with E-state index in [1.165, 1.54) is 0 Å². The number of methoxy groups -OCH3 is 2. The molecule has 1 N–H and O–H groups in total. The van der Waals surface area contributed by atoms with E-state index in [0.717, 1.165) is 12.8 Å². The van der Waals surface area contributed by atoms with E-state index in [1.807, 2.05) is 0 Å². The first-order chi connectivity index (χ1) is 9.71. The summed E-state index contributed by atoms with van der Waals surface area (Å²) in [6.45, 7) is 1.51. The van der Waals surface area contributed by atoms with Crippen LogP contribution in [0.4, 0.5) is 0 Å². The van der Waals surface area contributed by atoms with Gasteiger partial charge in [0.2, 0.25) is 0 Å². The molecule has 1 saturated heterocycles. The lowest BCUT2D eigenvalue weighted by atomic mass is 9.97. The third-order valence-corrected chi connectivity index (χ3v) is 3.80. The number of likely N-dealkylation sites (tertiary alicyclic amines) is 1. The molecule has 1 fully saturated rings. The number of nitrogens with zero attached hydrogens (tertiary/aromatic N) is 1. The smallest absolute Gasteiger partial charge is 0.261 e. The number of hydrogen-bond acceptors (Lipinski definition) is 4. The number of benzene rings is 1. The van der Waals surface area contributed by atoms with Gasteiger partial charge in [0.25, 0.3) is 5.91 Å². The van der Waals surface area contributed by atoms with Crippen LogP contribution in [0.25, 0.3) is 0 Å². The number of carbonyl (C=O) groups excluding carboxylic acids is 1. The summed E-state index contributed by atoms with van der Waals surface area (Å²) in [4.78, 5) is 14.5. The molecule has 1 aromatic carbocycles. The minimum atomic E-state index is -0.0734. The lowest BCUT2D eigenvalue weighted by Gasteiger charge is -2.31. The molecule has 20 heavy (non-hydrogen) atoms. The fourth-order valence-electron chi connectivity index (χ4n) is 2.54. The van der Waals surface area contributed by atoms with Crippen molar-refractivity contribution in [1.82, 2.24) is 4.90 Å². The number of ether oxygens (including phenoxy) is 2. The summed E-state index contributed by atoms with van der Waals surface area (Å²) < 4.78 is 10.5. The highest BCUT2D eigenvalue weighted by atomic mass is 16.5. The van der Waals surface area contributed by atoms with Gasteiger partial charge >= 0.3 is 0 Å². The summed E-state index contributed by atoms with van der Waals surface area (Å²) in [6.07, 6.45) is 1.67. The van der Waals surface area contributed by atoms with Gasteiger partial charge in [0.1, 0.15) is 17.1 Å². The summed E-state index contributed by atoms with van der Waals surface area (Å²) in [6, 6.07) is 5.32. The van der Waals surface area contributed by atoms with E-state index in [4.69, 9.17) is 14.6 Å². The SMILES string of the molecule is COc1cccc(OC)c1C(=O)N1CCC(CO)CC1. The molecule has 1 aliphatic heterocycles. The van der Waals surface area contributed by atoms with Crippen LogP contribution in [0, 0.1) is 5.92 Å². The summed E-state index contributed by atoms with van der Waals surface area (Å²) in [5, 5.41) is 9.15. The van der Waals surface area contributed by atoms with Crippen LogP contribution in [0.5, 0.6) is 11.5 Å². The molecule has 0 spiro atoms. The van der Waals surface area contributed by atoms with Crippen LogP contribution in [0.3, 0.4) is 0 Å². The quantitative estimate of drug-likeness (QED) is 0.908.